The highest BCUT2D eigenvalue weighted by atomic mass is 35.5. The van der Waals surface area contributed by atoms with Crippen LogP contribution in [-0.2, 0) is 16.1 Å². The third-order valence-electron chi connectivity index (χ3n) is 4.40. The Bertz CT molecular complexity index is 792. The Morgan fingerprint density at radius 2 is 2.15 bits per heavy atom. The van der Waals surface area contributed by atoms with Crippen LogP contribution in [0.15, 0.2) is 36.7 Å². The summed E-state index contributed by atoms with van der Waals surface area (Å²) in [7, 11) is 0. The number of para-hydroxylation sites is 1. The van der Waals surface area contributed by atoms with Crippen LogP contribution >= 0.6 is 11.6 Å². The lowest BCUT2D eigenvalue weighted by Crippen LogP contribution is -2.42. The summed E-state index contributed by atoms with van der Waals surface area (Å²) < 4.78 is 7.30. The summed E-state index contributed by atoms with van der Waals surface area (Å²) >= 11 is 6.04. The number of primary amides is 1. The zero-order chi connectivity index (χ0) is 18.5. The lowest BCUT2D eigenvalue weighted by molar-refractivity contribution is -0.134. The van der Waals surface area contributed by atoms with Crippen molar-refractivity contribution in [3.8, 4) is 5.75 Å². The molecule has 1 saturated heterocycles. The van der Waals surface area contributed by atoms with E-state index < -0.39 is 5.91 Å². The number of nitrogens with two attached hydrogens (primary N) is 1. The molecule has 2 aromatic rings. The fraction of sp³-hybridized carbons (Fsp3) is 0.389. The van der Waals surface area contributed by atoms with Crippen molar-refractivity contribution in [2.75, 3.05) is 19.7 Å². The van der Waals surface area contributed by atoms with E-state index in [1.165, 1.54) is 0 Å². The van der Waals surface area contributed by atoms with Crippen molar-refractivity contribution in [2.45, 2.75) is 25.3 Å². The van der Waals surface area contributed by atoms with Gasteiger partial charge in [-0.15, -0.1) is 0 Å². The summed E-state index contributed by atoms with van der Waals surface area (Å²) in [6, 6.07) is 7.06. The second-order valence-electron chi connectivity index (χ2n) is 6.28. The third kappa shape index (κ3) is 4.35. The van der Waals surface area contributed by atoms with Gasteiger partial charge in [-0.3, -0.25) is 9.59 Å². The number of carbonyl (C=O) groups excluding carboxylic acids is 2. The SMILES string of the molecule is NC(=O)Cn1ccnc1C1CCCN(C(=O)COc2ccccc2Cl)C1. The van der Waals surface area contributed by atoms with E-state index in [2.05, 4.69) is 4.98 Å². The van der Waals surface area contributed by atoms with Crippen LogP contribution in [-0.4, -0.2) is 46.0 Å². The molecule has 2 N–H and O–H groups in total. The van der Waals surface area contributed by atoms with Crippen molar-refractivity contribution in [3.05, 3.63) is 47.5 Å². The maximum Gasteiger partial charge on any atom is 0.260 e. The summed E-state index contributed by atoms with van der Waals surface area (Å²) in [6.45, 7) is 1.25. The van der Waals surface area contributed by atoms with Gasteiger partial charge in [-0.25, -0.2) is 4.98 Å². The average Bonchev–Trinajstić information content (AvgIpc) is 3.08. The van der Waals surface area contributed by atoms with Crippen molar-refractivity contribution >= 4 is 23.4 Å². The largest absolute Gasteiger partial charge is 0.482 e. The van der Waals surface area contributed by atoms with E-state index in [1.54, 1.807) is 46.1 Å². The number of rotatable bonds is 6. The number of halogens is 1. The molecule has 26 heavy (non-hydrogen) atoms. The highest BCUT2D eigenvalue weighted by Gasteiger charge is 2.27. The third-order valence-corrected chi connectivity index (χ3v) is 4.71. The molecule has 2 amide bonds. The number of piperidine rings is 1. The molecular weight excluding hydrogens is 356 g/mol. The quantitative estimate of drug-likeness (QED) is 0.832. The van der Waals surface area contributed by atoms with E-state index in [9.17, 15) is 9.59 Å². The molecule has 0 radical (unpaired) electrons. The minimum absolute atomic E-state index is 0.0633. The van der Waals surface area contributed by atoms with Gasteiger partial charge in [-0.1, -0.05) is 23.7 Å². The molecule has 3 rings (SSSR count). The molecule has 0 saturated carbocycles. The minimum Gasteiger partial charge on any atom is -0.482 e. The van der Waals surface area contributed by atoms with Gasteiger partial charge in [0.2, 0.25) is 5.91 Å². The van der Waals surface area contributed by atoms with E-state index in [-0.39, 0.29) is 25.0 Å². The van der Waals surface area contributed by atoms with E-state index in [1.807, 2.05) is 0 Å². The number of aromatic nitrogens is 2. The topological polar surface area (TPSA) is 90.5 Å². The predicted octanol–water partition coefficient (Wildman–Crippen LogP) is 1.81. The zero-order valence-electron chi connectivity index (χ0n) is 14.3. The van der Waals surface area contributed by atoms with Gasteiger partial charge in [0.1, 0.15) is 18.1 Å². The first-order valence-corrected chi connectivity index (χ1v) is 8.87. The van der Waals surface area contributed by atoms with Gasteiger partial charge >= 0.3 is 0 Å². The van der Waals surface area contributed by atoms with Crippen LogP contribution in [0.5, 0.6) is 5.75 Å². The van der Waals surface area contributed by atoms with Crippen LogP contribution in [0.2, 0.25) is 5.02 Å². The van der Waals surface area contributed by atoms with Gasteiger partial charge in [0.15, 0.2) is 6.61 Å². The van der Waals surface area contributed by atoms with Crippen LogP contribution < -0.4 is 10.5 Å². The van der Waals surface area contributed by atoms with Gasteiger partial charge in [0.25, 0.3) is 5.91 Å². The number of benzene rings is 1. The number of hydrogen-bond acceptors (Lipinski definition) is 4. The minimum atomic E-state index is -0.416. The number of amides is 2. The first-order valence-electron chi connectivity index (χ1n) is 8.49. The van der Waals surface area contributed by atoms with E-state index in [0.29, 0.717) is 23.9 Å². The summed E-state index contributed by atoms with van der Waals surface area (Å²) in [5, 5.41) is 0.477. The maximum atomic E-state index is 12.5. The number of ether oxygens (including phenoxy) is 1. The molecule has 1 aromatic heterocycles. The lowest BCUT2D eigenvalue weighted by Gasteiger charge is -2.32. The van der Waals surface area contributed by atoms with Crippen molar-refractivity contribution in [1.29, 1.82) is 0 Å². The molecule has 7 nitrogen and oxygen atoms in total. The summed E-state index contributed by atoms with van der Waals surface area (Å²) in [6.07, 6.45) is 5.16. The Morgan fingerprint density at radius 3 is 2.92 bits per heavy atom. The first kappa shape index (κ1) is 18.3. The first-order chi connectivity index (χ1) is 12.5. The average molecular weight is 377 g/mol. The molecule has 1 aliphatic rings. The molecular formula is C18H21ClN4O3. The molecule has 0 spiro atoms. The molecule has 138 valence electrons. The standard InChI is InChI=1S/C18H21ClN4O3/c19-14-5-1-2-6-15(14)26-12-17(25)22-8-3-4-13(10-22)18-21-7-9-23(18)11-16(20)24/h1-2,5-7,9,13H,3-4,8,10-12H2,(H2,20,24). The van der Waals surface area contributed by atoms with E-state index >= 15 is 0 Å². The fourth-order valence-corrected chi connectivity index (χ4v) is 3.38. The molecule has 1 aliphatic heterocycles. The summed E-state index contributed by atoms with van der Waals surface area (Å²) in [4.78, 5) is 29.9. The van der Waals surface area contributed by atoms with Crippen molar-refractivity contribution in [3.63, 3.8) is 0 Å². The molecule has 1 atom stereocenters. The number of hydrogen-bond donors (Lipinski definition) is 1. The van der Waals surface area contributed by atoms with Gasteiger partial charge in [-0.05, 0) is 25.0 Å². The van der Waals surface area contributed by atoms with Crippen LogP contribution in [0.3, 0.4) is 0 Å². The summed E-state index contributed by atoms with van der Waals surface area (Å²) in [5.41, 5.74) is 5.29. The molecule has 1 unspecified atom stereocenters. The molecule has 1 aromatic carbocycles. The molecule has 0 aliphatic carbocycles. The zero-order valence-corrected chi connectivity index (χ0v) is 15.1. The van der Waals surface area contributed by atoms with E-state index in [0.717, 1.165) is 18.7 Å². The Kier molecular flexibility index (Phi) is 5.78. The smallest absolute Gasteiger partial charge is 0.260 e. The summed E-state index contributed by atoms with van der Waals surface area (Å²) in [5.74, 6) is 0.840. The second-order valence-corrected chi connectivity index (χ2v) is 6.68. The Labute approximate surface area is 156 Å². The molecule has 1 fully saturated rings. The van der Waals surface area contributed by atoms with Gasteiger partial charge in [-0.2, -0.15) is 0 Å². The Morgan fingerprint density at radius 1 is 1.35 bits per heavy atom. The Hall–Kier alpha value is -2.54. The van der Waals surface area contributed by atoms with Gasteiger partial charge in [0.05, 0.1) is 5.02 Å². The monoisotopic (exact) mass is 376 g/mol. The highest BCUT2D eigenvalue weighted by molar-refractivity contribution is 6.32. The predicted molar refractivity (Wildman–Crippen MR) is 96.9 cm³/mol. The number of carbonyl (C=O) groups is 2. The van der Waals surface area contributed by atoms with Crippen LogP contribution in [0, 0.1) is 0 Å². The number of nitrogens with zero attached hydrogens (tertiary/aromatic N) is 3. The maximum absolute atomic E-state index is 12.5. The van der Waals surface area contributed by atoms with Crippen molar-refractivity contribution in [2.24, 2.45) is 5.73 Å². The molecule has 0 bridgehead atoms. The highest BCUT2D eigenvalue weighted by Crippen LogP contribution is 2.27. The molecule has 8 heteroatoms. The number of likely N-dealkylation sites (tertiary alicyclic amines) is 1. The van der Waals surface area contributed by atoms with Crippen molar-refractivity contribution in [1.82, 2.24) is 14.5 Å². The van der Waals surface area contributed by atoms with E-state index in [4.69, 9.17) is 22.1 Å². The van der Waals surface area contributed by atoms with Crippen molar-refractivity contribution < 1.29 is 14.3 Å². The van der Waals surface area contributed by atoms with Crippen LogP contribution in [0.1, 0.15) is 24.6 Å². The lowest BCUT2D eigenvalue weighted by atomic mass is 9.97. The number of imidazole rings is 1. The normalized spacial score (nSPS) is 17.1. The van der Waals surface area contributed by atoms with Crippen LogP contribution in [0.4, 0.5) is 0 Å². The molecule has 2 heterocycles. The fourth-order valence-electron chi connectivity index (χ4n) is 3.19. The Balaban J connectivity index is 1.61. The van der Waals surface area contributed by atoms with Gasteiger partial charge in [0, 0.05) is 31.4 Å². The second kappa shape index (κ2) is 8.23. The van der Waals surface area contributed by atoms with Crippen LogP contribution in [0.25, 0.3) is 0 Å². The van der Waals surface area contributed by atoms with Gasteiger partial charge < -0.3 is 19.9 Å².